The van der Waals surface area contributed by atoms with Gasteiger partial charge < -0.3 is 10.2 Å². The Hall–Kier alpha value is -3.36. The fraction of sp³-hybridized carbons (Fsp3) is 0.333. The van der Waals surface area contributed by atoms with Gasteiger partial charge in [-0.05, 0) is 63.1 Å². The van der Waals surface area contributed by atoms with E-state index in [9.17, 15) is 18.0 Å². The van der Waals surface area contributed by atoms with Crippen LogP contribution in [-0.4, -0.2) is 49.5 Å². The second kappa shape index (κ2) is 12.7. The molecule has 0 aromatic heterocycles. The molecule has 0 fully saturated rings. The third-order valence-corrected chi connectivity index (χ3v) is 7.39. The van der Waals surface area contributed by atoms with Crippen LogP contribution in [0.5, 0.6) is 0 Å². The van der Waals surface area contributed by atoms with Gasteiger partial charge >= 0.3 is 0 Å². The Balaban J connectivity index is 2.07. The van der Waals surface area contributed by atoms with Crippen LogP contribution in [0.2, 0.25) is 5.02 Å². The minimum Gasteiger partial charge on any atom is -0.350 e. The summed E-state index contributed by atoms with van der Waals surface area (Å²) in [6, 6.07) is 22.5. The number of hydrogen-bond donors (Lipinski definition) is 1. The van der Waals surface area contributed by atoms with Crippen LogP contribution in [0.25, 0.3) is 0 Å². The van der Waals surface area contributed by atoms with Gasteiger partial charge in [-0.25, -0.2) is 8.42 Å². The molecule has 0 spiro atoms. The van der Waals surface area contributed by atoms with Crippen LogP contribution in [0.15, 0.2) is 78.9 Å². The lowest BCUT2D eigenvalue weighted by atomic mass is 10.0. The first-order valence-corrected chi connectivity index (χ1v) is 14.9. The van der Waals surface area contributed by atoms with E-state index in [1.807, 2.05) is 64.1 Å². The smallest absolute Gasteiger partial charge is 0.244 e. The van der Waals surface area contributed by atoms with Gasteiger partial charge in [0.15, 0.2) is 0 Å². The van der Waals surface area contributed by atoms with Crippen molar-refractivity contribution in [1.82, 2.24) is 10.2 Å². The van der Waals surface area contributed by atoms with Crippen LogP contribution >= 0.6 is 11.6 Å². The van der Waals surface area contributed by atoms with Crippen LogP contribution in [0, 0.1) is 6.92 Å². The zero-order valence-electron chi connectivity index (χ0n) is 23.0. The maximum Gasteiger partial charge on any atom is 0.244 e. The Bertz CT molecular complexity index is 1390. The summed E-state index contributed by atoms with van der Waals surface area (Å²) in [6.45, 7) is 7.12. The molecule has 3 aromatic rings. The maximum absolute atomic E-state index is 14.0. The highest BCUT2D eigenvalue weighted by Gasteiger charge is 2.34. The number of carbonyl (C=O) groups excluding carboxylic acids is 2. The molecule has 1 atom stereocenters. The van der Waals surface area contributed by atoms with Crippen molar-refractivity contribution in [2.24, 2.45) is 0 Å². The summed E-state index contributed by atoms with van der Waals surface area (Å²) in [4.78, 5) is 29.2. The summed E-state index contributed by atoms with van der Waals surface area (Å²) in [6.07, 6.45) is 1.31. The van der Waals surface area contributed by atoms with Crippen molar-refractivity contribution in [2.75, 3.05) is 17.1 Å². The van der Waals surface area contributed by atoms with E-state index in [2.05, 4.69) is 5.32 Å². The Kier molecular flexibility index (Phi) is 9.80. The zero-order valence-corrected chi connectivity index (χ0v) is 24.6. The van der Waals surface area contributed by atoms with Crippen molar-refractivity contribution < 1.29 is 18.0 Å². The zero-order chi connectivity index (χ0) is 28.8. The SMILES string of the molecule is Cc1ccc(N(CC(=O)N(Cc2cccc(Cl)c2)[C@H](Cc2ccccc2)C(=O)NC(C)(C)C)S(C)(=O)=O)cc1. The highest BCUT2D eigenvalue weighted by Crippen LogP contribution is 2.22. The quantitative estimate of drug-likeness (QED) is 0.373. The number of amides is 2. The van der Waals surface area contributed by atoms with Gasteiger partial charge in [0.2, 0.25) is 21.8 Å². The molecule has 0 unspecified atom stereocenters. The van der Waals surface area contributed by atoms with Crippen LogP contribution in [0.1, 0.15) is 37.5 Å². The highest BCUT2D eigenvalue weighted by atomic mass is 35.5. The lowest BCUT2D eigenvalue weighted by Gasteiger charge is -2.35. The lowest BCUT2D eigenvalue weighted by molar-refractivity contribution is -0.140. The van der Waals surface area contributed by atoms with Crippen LogP contribution in [0.3, 0.4) is 0 Å². The Morgan fingerprint density at radius 2 is 1.54 bits per heavy atom. The van der Waals surface area contributed by atoms with Crippen molar-refractivity contribution in [3.8, 4) is 0 Å². The van der Waals surface area contributed by atoms with Crippen molar-refractivity contribution in [1.29, 1.82) is 0 Å². The molecule has 0 aliphatic carbocycles. The van der Waals surface area contributed by atoms with E-state index >= 15 is 0 Å². The van der Waals surface area contributed by atoms with Gasteiger partial charge in [0.05, 0.1) is 11.9 Å². The first-order chi connectivity index (χ1) is 18.2. The van der Waals surface area contributed by atoms with E-state index in [4.69, 9.17) is 11.6 Å². The molecule has 0 aliphatic heterocycles. The largest absolute Gasteiger partial charge is 0.350 e. The molecule has 0 aliphatic rings. The molecule has 3 rings (SSSR count). The van der Waals surface area contributed by atoms with E-state index in [0.717, 1.165) is 27.3 Å². The van der Waals surface area contributed by atoms with Crippen LogP contribution < -0.4 is 9.62 Å². The monoisotopic (exact) mass is 569 g/mol. The van der Waals surface area contributed by atoms with Gasteiger partial charge in [-0.15, -0.1) is 0 Å². The predicted molar refractivity (Wildman–Crippen MR) is 157 cm³/mol. The van der Waals surface area contributed by atoms with Gasteiger partial charge in [0.1, 0.15) is 12.6 Å². The van der Waals surface area contributed by atoms with Crippen LogP contribution in [-0.2, 0) is 32.6 Å². The number of sulfonamides is 1. The first kappa shape index (κ1) is 30.2. The molecule has 0 bridgehead atoms. The number of rotatable bonds is 10. The Labute approximate surface area is 236 Å². The molecule has 208 valence electrons. The molecular formula is C30H36ClN3O4S. The standard InChI is InChI=1S/C30H36ClN3O4S/c1-22-14-16-26(17-15-22)34(39(5,37)38)21-28(35)33(20-24-12-9-13-25(31)18-24)27(29(36)32-30(2,3)4)19-23-10-7-6-8-11-23/h6-18,27H,19-21H2,1-5H3,(H,32,36)/t27-/m1/s1. The molecule has 2 amide bonds. The molecule has 39 heavy (non-hydrogen) atoms. The topological polar surface area (TPSA) is 86.8 Å². The number of benzene rings is 3. The van der Waals surface area contributed by atoms with Gasteiger partial charge in [0.25, 0.3) is 0 Å². The van der Waals surface area contributed by atoms with Crippen LogP contribution in [0.4, 0.5) is 5.69 Å². The summed E-state index contributed by atoms with van der Waals surface area (Å²) < 4.78 is 26.7. The molecule has 7 nitrogen and oxygen atoms in total. The molecule has 3 aromatic carbocycles. The van der Waals surface area contributed by atoms with Crippen molar-refractivity contribution in [3.05, 3.63) is 101 Å². The molecule has 0 saturated heterocycles. The van der Waals surface area contributed by atoms with Gasteiger partial charge in [-0.2, -0.15) is 0 Å². The fourth-order valence-corrected chi connectivity index (χ4v) is 5.23. The van der Waals surface area contributed by atoms with E-state index in [0.29, 0.717) is 10.7 Å². The molecule has 9 heteroatoms. The van der Waals surface area contributed by atoms with Crippen molar-refractivity contribution in [2.45, 2.75) is 52.2 Å². The lowest BCUT2D eigenvalue weighted by Crippen LogP contribution is -2.56. The van der Waals surface area contributed by atoms with Gasteiger partial charge in [0, 0.05) is 23.5 Å². The first-order valence-electron chi connectivity index (χ1n) is 12.7. The van der Waals surface area contributed by atoms with E-state index in [1.165, 1.54) is 4.90 Å². The normalized spacial score (nSPS) is 12.5. The number of aryl methyl sites for hydroxylation is 1. The highest BCUT2D eigenvalue weighted by molar-refractivity contribution is 7.92. The summed E-state index contributed by atoms with van der Waals surface area (Å²) in [5, 5.41) is 3.50. The van der Waals surface area contributed by atoms with Crippen molar-refractivity contribution in [3.63, 3.8) is 0 Å². The molecule has 0 radical (unpaired) electrons. The average molecular weight is 570 g/mol. The Morgan fingerprint density at radius 3 is 2.10 bits per heavy atom. The van der Waals surface area contributed by atoms with Gasteiger partial charge in [-0.1, -0.05) is 71.8 Å². The summed E-state index contributed by atoms with van der Waals surface area (Å²) in [5.74, 6) is -0.839. The number of nitrogens with zero attached hydrogens (tertiary/aromatic N) is 2. The molecule has 0 heterocycles. The second-order valence-electron chi connectivity index (χ2n) is 10.7. The predicted octanol–water partition coefficient (Wildman–Crippen LogP) is 4.97. The summed E-state index contributed by atoms with van der Waals surface area (Å²) >= 11 is 6.23. The number of carbonyl (C=O) groups is 2. The fourth-order valence-electron chi connectivity index (χ4n) is 4.16. The minimum atomic E-state index is -3.81. The molecule has 1 N–H and O–H groups in total. The second-order valence-corrected chi connectivity index (χ2v) is 13.0. The molecule has 0 saturated carbocycles. The van der Waals surface area contributed by atoms with E-state index in [-0.39, 0.29) is 18.9 Å². The van der Waals surface area contributed by atoms with Gasteiger partial charge in [-0.3, -0.25) is 13.9 Å². The number of anilines is 1. The Morgan fingerprint density at radius 1 is 0.923 bits per heavy atom. The summed E-state index contributed by atoms with van der Waals surface area (Å²) in [5.41, 5.74) is 2.38. The maximum atomic E-state index is 14.0. The number of halogens is 1. The minimum absolute atomic E-state index is 0.0694. The summed E-state index contributed by atoms with van der Waals surface area (Å²) in [7, 11) is -3.81. The van der Waals surface area contributed by atoms with Crippen molar-refractivity contribution >= 4 is 39.1 Å². The number of nitrogens with one attached hydrogen (secondary N) is 1. The third-order valence-electron chi connectivity index (χ3n) is 6.01. The molecular weight excluding hydrogens is 534 g/mol. The number of hydrogen-bond acceptors (Lipinski definition) is 4. The van der Waals surface area contributed by atoms with E-state index < -0.39 is 34.1 Å². The van der Waals surface area contributed by atoms with E-state index in [1.54, 1.807) is 42.5 Å². The average Bonchev–Trinajstić information content (AvgIpc) is 2.84. The third kappa shape index (κ3) is 9.11.